The van der Waals surface area contributed by atoms with Crippen LogP contribution in [0.5, 0.6) is 0 Å². The van der Waals surface area contributed by atoms with Crippen molar-refractivity contribution in [1.82, 2.24) is 0 Å². The summed E-state index contributed by atoms with van der Waals surface area (Å²) in [6.45, 7) is 0.291. The molecule has 2 fully saturated rings. The summed E-state index contributed by atoms with van der Waals surface area (Å²) in [7, 11) is 0. The highest BCUT2D eigenvalue weighted by Gasteiger charge is 2.84. The summed E-state index contributed by atoms with van der Waals surface area (Å²) in [5.74, 6) is -3.73. The largest absolute Gasteiger partial charge is 0.354 e. The molecule has 2 aliphatic rings. The molecule has 0 aromatic rings. The Bertz CT molecular complexity index is 235. The van der Waals surface area contributed by atoms with Crippen LogP contribution < -0.4 is 0 Å². The Labute approximate surface area is 62.8 Å². The predicted molar refractivity (Wildman–Crippen MR) is 32.0 cm³/mol. The fourth-order valence-electron chi connectivity index (χ4n) is 1.73. The van der Waals surface area contributed by atoms with Crippen LogP contribution in [-0.2, 0) is 4.74 Å². The molecule has 1 saturated heterocycles. The smallest absolute Gasteiger partial charge is 0.296 e. The van der Waals surface area contributed by atoms with Gasteiger partial charge in [-0.3, -0.25) is 0 Å². The number of hydrogen-bond acceptors (Lipinski definition) is 2. The van der Waals surface area contributed by atoms with Gasteiger partial charge in [-0.15, -0.1) is 0 Å². The van der Waals surface area contributed by atoms with Crippen LogP contribution in [-0.4, -0.2) is 18.1 Å². The molecular weight excluding hydrogens is 152 g/mol. The second kappa shape index (κ2) is 1.72. The van der Waals surface area contributed by atoms with Crippen LogP contribution in [0.1, 0.15) is 12.8 Å². The molecule has 0 spiro atoms. The summed E-state index contributed by atoms with van der Waals surface area (Å²) in [5, 5.41) is 8.47. The minimum atomic E-state index is -2.89. The van der Waals surface area contributed by atoms with Crippen molar-refractivity contribution in [3.05, 3.63) is 0 Å². The molecule has 1 aliphatic carbocycles. The van der Waals surface area contributed by atoms with Crippen molar-refractivity contribution in [2.45, 2.75) is 24.4 Å². The van der Waals surface area contributed by atoms with Gasteiger partial charge in [-0.25, -0.2) is 8.78 Å². The van der Waals surface area contributed by atoms with Gasteiger partial charge in [-0.1, -0.05) is 0 Å². The van der Waals surface area contributed by atoms with Crippen molar-refractivity contribution < 1.29 is 13.5 Å². The molecule has 0 amide bonds. The van der Waals surface area contributed by atoms with Crippen molar-refractivity contribution in [3.8, 4) is 6.07 Å². The van der Waals surface area contributed by atoms with Crippen molar-refractivity contribution in [2.75, 3.05) is 6.61 Å². The maximum atomic E-state index is 12.8. The summed E-state index contributed by atoms with van der Waals surface area (Å²) in [6.07, 6.45) is 1.06. The zero-order valence-corrected chi connectivity index (χ0v) is 5.81. The first-order valence-electron chi connectivity index (χ1n) is 3.58. The van der Waals surface area contributed by atoms with Crippen LogP contribution in [0.3, 0.4) is 0 Å². The maximum absolute atomic E-state index is 12.8. The van der Waals surface area contributed by atoms with Gasteiger partial charge in [0.1, 0.15) is 6.07 Å². The van der Waals surface area contributed by atoms with Crippen molar-refractivity contribution in [2.24, 2.45) is 5.92 Å². The van der Waals surface area contributed by atoms with Gasteiger partial charge in [-0.2, -0.15) is 5.26 Å². The van der Waals surface area contributed by atoms with Crippen LogP contribution >= 0.6 is 0 Å². The summed E-state index contributed by atoms with van der Waals surface area (Å²) in [4.78, 5) is 0. The Morgan fingerprint density at radius 1 is 1.55 bits per heavy atom. The quantitative estimate of drug-likeness (QED) is 0.534. The number of nitriles is 1. The predicted octanol–water partition coefficient (Wildman–Crippen LogP) is 1.32. The Hall–Kier alpha value is -0.690. The first-order valence-corrected chi connectivity index (χ1v) is 3.58. The lowest BCUT2D eigenvalue weighted by Crippen LogP contribution is -2.23. The lowest BCUT2D eigenvalue weighted by Gasteiger charge is -2.12. The molecule has 2 rings (SSSR count). The topological polar surface area (TPSA) is 33.0 Å². The molecule has 4 heteroatoms. The average Bonchev–Trinajstić information content (AvgIpc) is 2.52. The van der Waals surface area contributed by atoms with Gasteiger partial charge in [-0.05, 0) is 12.8 Å². The van der Waals surface area contributed by atoms with E-state index in [9.17, 15) is 8.78 Å². The zero-order valence-electron chi connectivity index (χ0n) is 5.81. The average molecular weight is 159 g/mol. The number of ether oxygens (including phenoxy) is 1. The summed E-state index contributed by atoms with van der Waals surface area (Å²) >= 11 is 0. The maximum Gasteiger partial charge on any atom is 0.296 e. The number of fused-ring (bicyclic) bond motifs is 1. The molecule has 0 aromatic carbocycles. The SMILES string of the molecule is N#C[C@]12OCCC[C@@H]1C2(F)F. The van der Waals surface area contributed by atoms with Gasteiger partial charge in [0.05, 0.1) is 5.92 Å². The van der Waals surface area contributed by atoms with E-state index in [-0.39, 0.29) is 0 Å². The third kappa shape index (κ3) is 0.579. The third-order valence-electron chi connectivity index (χ3n) is 2.47. The van der Waals surface area contributed by atoms with Gasteiger partial charge < -0.3 is 4.74 Å². The number of halogens is 2. The molecule has 0 bridgehead atoms. The Balaban J connectivity index is 2.28. The Morgan fingerprint density at radius 2 is 2.27 bits per heavy atom. The van der Waals surface area contributed by atoms with E-state index < -0.39 is 17.4 Å². The number of alkyl halides is 2. The van der Waals surface area contributed by atoms with E-state index in [0.29, 0.717) is 19.4 Å². The van der Waals surface area contributed by atoms with Gasteiger partial charge >= 0.3 is 0 Å². The Kier molecular flexibility index (Phi) is 1.10. The second-order valence-electron chi connectivity index (χ2n) is 3.01. The van der Waals surface area contributed by atoms with Gasteiger partial charge in [0.15, 0.2) is 0 Å². The minimum absolute atomic E-state index is 0.291. The summed E-state index contributed by atoms with van der Waals surface area (Å²) in [6, 6.07) is 1.57. The summed E-state index contributed by atoms with van der Waals surface area (Å²) < 4.78 is 30.4. The lowest BCUT2D eigenvalue weighted by atomic mass is 10.1. The van der Waals surface area contributed by atoms with E-state index in [0.717, 1.165) is 0 Å². The fourth-order valence-corrected chi connectivity index (χ4v) is 1.73. The lowest BCUT2D eigenvalue weighted by molar-refractivity contribution is -0.0262. The van der Waals surface area contributed by atoms with Crippen LogP contribution in [0.25, 0.3) is 0 Å². The molecule has 0 radical (unpaired) electrons. The highest BCUT2D eigenvalue weighted by atomic mass is 19.3. The molecule has 11 heavy (non-hydrogen) atoms. The van der Waals surface area contributed by atoms with E-state index in [4.69, 9.17) is 10.00 Å². The molecule has 1 heterocycles. The number of nitrogens with zero attached hydrogens (tertiary/aromatic N) is 1. The fraction of sp³-hybridized carbons (Fsp3) is 0.857. The zero-order chi connectivity index (χ0) is 8.11. The number of rotatable bonds is 0. The van der Waals surface area contributed by atoms with Crippen LogP contribution in [0.15, 0.2) is 0 Å². The molecule has 60 valence electrons. The highest BCUT2D eigenvalue weighted by molar-refractivity contribution is 5.33. The summed E-state index contributed by atoms with van der Waals surface area (Å²) in [5.41, 5.74) is -1.74. The van der Waals surface area contributed by atoms with Crippen molar-refractivity contribution in [1.29, 1.82) is 5.26 Å². The van der Waals surface area contributed by atoms with E-state index >= 15 is 0 Å². The van der Waals surface area contributed by atoms with E-state index in [1.807, 2.05) is 0 Å². The number of hydrogen-bond donors (Lipinski definition) is 0. The van der Waals surface area contributed by atoms with Gasteiger partial charge in [0.2, 0.25) is 5.60 Å². The molecule has 0 unspecified atom stereocenters. The molecule has 2 nitrogen and oxygen atoms in total. The standard InChI is InChI=1S/C7H7F2NO/c8-7(9)5-2-1-3-11-6(5,7)4-10/h5H,1-3H2/t5-,6-/m0/s1. The molecule has 2 atom stereocenters. The molecule has 1 aliphatic heterocycles. The van der Waals surface area contributed by atoms with Gasteiger partial charge in [0, 0.05) is 6.61 Å². The molecule has 0 N–H and O–H groups in total. The third-order valence-corrected chi connectivity index (χ3v) is 2.47. The first kappa shape index (κ1) is 6.99. The normalized spacial score (nSPS) is 45.7. The highest BCUT2D eigenvalue weighted by Crippen LogP contribution is 2.64. The minimum Gasteiger partial charge on any atom is -0.354 e. The second-order valence-corrected chi connectivity index (χ2v) is 3.01. The van der Waals surface area contributed by atoms with Crippen LogP contribution in [0.2, 0.25) is 0 Å². The van der Waals surface area contributed by atoms with Crippen molar-refractivity contribution in [3.63, 3.8) is 0 Å². The van der Waals surface area contributed by atoms with Crippen LogP contribution in [0, 0.1) is 17.2 Å². The van der Waals surface area contributed by atoms with Crippen LogP contribution in [0.4, 0.5) is 8.78 Å². The molecule has 0 aromatic heterocycles. The van der Waals surface area contributed by atoms with Crippen molar-refractivity contribution >= 4 is 0 Å². The van der Waals surface area contributed by atoms with Gasteiger partial charge in [0.25, 0.3) is 5.92 Å². The van der Waals surface area contributed by atoms with E-state index in [2.05, 4.69) is 0 Å². The molecular formula is C7H7F2NO. The van der Waals surface area contributed by atoms with E-state index in [1.54, 1.807) is 6.07 Å². The Morgan fingerprint density at radius 3 is 2.73 bits per heavy atom. The monoisotopic (exact) mass is 159 g/mol. The molecule has 1 saturated carbocycles. The first-order chi connectivity index (χ1) is 5.15. The van der Waals surface area contributed by atoms with E-state index in [1.165, 1.54) is 0 Å².